The minimum atomic E-state index is -4.08. The molecule has 11 heteroatoms. The highest BCUT2D eigenvalue weighted by molar-refractivity contribution is 7.92. The van der Waals surface area contributed by atoms with Crippen LogP contribution in [0, 0.1) is 17.6 Å². The van der Waals surface area contributed by atoms with Gasteiger partial charge in [0.25, 0.3) is 15.9 Å². The molecule has 6 rings (SSSR count). The number of hydrogen-bond donors (Lipinski definition) is 1. The van der Waals surface area contributed by atoms with Crippen molar-refractivity contribution < 1.29 is 26.8 Å². The van der Waals surface area contributed by atoms with Gasteiger partial charge < -0.3 is 10.2 Å². The average Bonchev–Trinajstić information content (AvgIpc) is 3.76. The van der Waals surface area contributed by atoms with Gasteiger partial charge in [-0.25, -0.2) is 17.2 Å². The summed E-state index contributed by atoms with van der Waals surface area (Å²) in [5.74, 6) is -1.40. The topological polar surface area (TPSA) is 99.7 Å². The lowest BCUT2D eigenvalue weighted by atomic mass is 9.68. The Labute approximate surface area is 237 Å². The number of halogens is 2. The Morgan fingerprint density at radius 3 is 2.39 bits per heavy atom. The minimum Gasteiger partial charge on any atom is -0.346 e. The second-order valence-electron chi connectivity index (χ2n) is 11.0. The number of carbonyl (C=O) groups excluding carboxylic acids is 2. The van der Waals surface area contributed by atoms with Crippen molar-refractivity contribution in [3.63, 3.8) is 0 Å². The van der Waals surface area contributed by atoms with Gasteiger partial charge in [0, 0.05) is 37.2 Å². The van der Waals surface area contributed by atoms with Gasteiger partial charge in [-0.3, -0.25) is 18.9 Å². The zero-order chi connectivity index (χ0) is 28.9. The number of likely N-dealkylation sites (tertiary alicyclic amines) is 1. The van der Waals surface area contributed by atoms with Crippen molar-refractivity contribution in [1.29, 1.82) is 0 Å². The van der Waals surface area contributed by atoms with Crippen LogP contribution in [0.25, 0.3) is 0 Å². The Morgan fingerprint density at radius 2 is 1.76 bits per heavy atom. The third kappa shape index (κ3) is 4.75. The average molecular weight is 581 g/mol. The van der Waals surface area contributed by atoms with Crippen molar-refractivity contribution in [2.75, 3.05) is 17.4 Å². The summed E-state index contributed by atoms with van der Waals surface area (Å²) in [6.45, 7) is 2.36. The van der Waals surface area contributed by atoms with E-state index in [1.807, 2.05) is 0 Å². The number of fused-ring (bicyclic) bond motifs is 2. The fourth-order valence-electron chi connectivity index (χ4n) is 6.46. The van der Waals surface area contributed by atoms with Crippen LogP contribution < -0.4 is 9.62 Å². The number of amides is 2. The summed E-state index contributed by atoms with van der Waals surface area (Å²) in [5.41, 5.74) is 1.07. The third-order valence-electron chi connectivity index (χ3n) is 8.64. The first-order valence-corrected chi connectivity index (χ1v) is 15.1. The number of benzene rings is 2. The molecule has 1 saturated carbocycles. The normalized spacial score (nSPS) is 19.7. The van der Waals surface area contributed by atoms with E-state index in [0.29, 0.717) is 37.2 Å². The lowest BCUT2D eigenvalue weighted by Crippen LogP contribution is -2.54. The quantitative estimate of drug-likeness (QED) is 0.472. The highest BCUT2D eigenvalue weighted by Crippen LogP contribution is 2.59. The van der Waals surface area contributed by atoms with E-state index in [4.69, 9.17) is 0 Å². The summed E-state index contributed by atoms with van der Waals surface area (Å²) in [6, 6.07) is 12.1. The SMILES string of the molecule is CC(=O)N1CCC2(CC1)c1cc(C(=O)NCc3ncccc3F)ccc1N(S(=O)(=O)c1ccc(F)cc1)C2C1CC1. The van der Waals surface area contributed by atoms with Crippen LogP contribution in [-0.2, 0) is 26.8 Å². The van der Waals surface area contributed by atoms with Gasteiger partial charge >= 0.3 is 0 Å². The highest BCUT2D eigenvalue weighted by atomic mass is 32.2. The molecule has 2 fully saturated rings. The van der Waals surface area contributed by atoms with E-state index in [1.165, 1.54) is 41.7 Å². The number of carbonyl (C=O) groups is 2. The Kier molecular flexibility index (Phi) is 6.80. The molecule has 2 aromatic carbocycles. The second kappa shape index (κ2) is 10.2. The number of aromatic nitrogens is 1. The van der Waals surface area contributed by atoms with Crippen LogP contribution in [0.3, 0.4) is 0 Å². The van der Waals surface area contributed by atoms with Crippen LogP contribution in [0.1, 0.15) is 54.2 Å². The molecule has 1 aliphatic carbocycles. The molecule has 1 saturated heterocycles. The number of piperidine rings is 1. The first-order valence-electron chi connectivity index (χ1n) is 13.7. The molecule has 3 aromatic rings. The molecule has 3 aliphatic rings. The van der Waals surface area contributed by atoms with E-state index in [-0.39, 0.29) is 29.0 Å². The van der Waals surface area contributed by atoms with Crippen molar-refractivity contribution >= 4 is 27.5 Å². The van der Waals surface area contributed by atoms with Gasteiger partial charge in [-0.15, -0.1) is 0 Å². The molecule has 1 atom stereocenters. The van der Waals surface area contributed by atoms with Crippen LogP contribution in [0.15, 0.2) is 65.7 Å². The molecule has 1 aromatic heterocycles. The zero-order valence-electron chi connectivity index (χ0n) is 22.5. The van der Waals surface area contributed by atoms with Gasteiger partial charge in [-0.05, 0) is 91.8 Å². The summed E-state index contributed by atoms with van der Waals surface area (Å²) < 4.78 is 57.6. The number of pyridine rings is 1. The third-order valence-corrected chi connectivity index (χ3v) is 10.5. The Balaban J connectivity index is 1.42. The van der Waals surface area contributed by atoms with Gasteiger partial charge in [-0.2, -0.15) is 0 Å². The molecule has 2 aliphatic heterocycles. The van der Waals surface area contributed by atoms with Gasteiger partial charge in [0.2, 0.25) is 5.91 Å². The van der Waals surface area contributed by atoms with Gasteiger partial charge in [0.05, 0.1) is 28.9 Å². The van der Waals surface area contributed by atoms with Crippen molar-refractivity contribution in [3.8, 4) is 0 Å². The molecule has 8 nitrogen and oxygen atoms in total. The largest absolute Gasteiger partial charge is 0.346 e. The summed E-state index contributed by atoms with van der Waals surface area (Å²) >= 11 is 0. The lowest BCUT2D eigenvalue weighted by molar-refractivity contribution is -0.130. The van der Waals surface area contributed by atoms with Crippen molar-refractivity contribution in [1.82, 2.24) is 15.2 Å². The standard InChI is InChI=1S/C30H30F2N4O4S/c1-19(37)35-15-12-30(13-16-35)24-17-21(29(38)34-18-26-25(32)3-2-14-33-26)6-11-27(24)36(28(30)20-4-5-20)41(39,40)23-9-7-22(31)8-10-23/h2-3,6-11,14,17,20,28H,4-5,12-13,15-16,18H2,1H3,(H,34,38). The van der Waals surface area contributed by atoms with Gasteiger partial charge in [0.1, 0.15) is 11.6 Å². The molecule has 0 radical (unpaired) electrons. The number of rotatable bonds is 6. The predicted molar refractivity (Wildman–Crippen MR) is 148 cm³/mol. The first-order chi connectivity index (χ1) is 19.6. The van der Waals surface area contributed by atoms with Crippen molar-refractivity contribution in [2.45, 2.75) is 55.5 Å². The Hall–Kier alpha value is -3.86. The Morgan fingerprint density at radius 1 is 1.05 bits per heavy atom. The van der Waals surface area contributed by atoms with E-state index in [9.17, 15) is 26.8 Å². The molecule has 0 bridgehead atoms. The summed E-state index contributed by atoms with van der Waals surface area (Å²) in [5, 5.41) is 2.72. The fourth-order valence-corrected chi connectivity index (χ4v) is 8.25. The molecule has 1 N–H and O–H groups in total. The van der Waals surface area contributed by atoms with E-state index in [0.717, 1.165) is 30.5 Å². The van der Waals surface area contributed by atoms with Crippen LogP contribution in [0.2, 0.25) is 0 Å². The van der Waals surface area contributed by atoms with Crippen LogP contribution in [-0.4, -0.2) is 49.2 Å². The maximum absolute atomic E-state index is 14.2. The van der Waals surface area contributed by atoms with E-state index in [1.54, 1.807) is 23.1 Å². The smallest absolute Gasteiger partial charge is 0.264 e. The number of anilines is 1. The van der Waals surface area contributed by atoms with Crippen LogP contribution >= 0.6 is 0 Å². The molecule has 2 amide bonds. The molecule has 1 spiro atoms. The monoisotopic (exact) mass is 580 g/mol. The van der Waals surface area contributed by atoms with E-state index in [2.05, 4.69) is 10.3 Å². The number of hydrogen-bond acceptors (Lipinski definition) is 5. The first kappa shape index (κ1) is 27.3. The van der Waals surface area contributed by atoms with E-state index < -0.39 is 39.0 Å². The molecular weight excluding hydrogens is 550 g/mol. The number of nitrogens with one attached hydrogen (secondary N) is 1. The number of sulfonamides is 1. The van der Waals surface area contributed by atoms with Crippen LogP contribution in [0.4, 0.5) is 14.5 Å². The lowest BCUT2D eigenvalue weighted by Gasteiger charge is -2.45. The second-order valence-corrected chi connectivity index (χ2v) is 12.9. The Bertz CT molecular complexity index is 1620. The maximum Gasteiger partial charge on any atom is 0.264 e. The van der Waals surface area contributed by atoms with E-state index >= 15 is 0 Å². The van der Waals surface area contributed by atoms with Gasteiger partial charge in [-0.1, -0.05) is 0 Å². The summed E-state index contributed by atoms with van der Waals surface area (Å²) in [4.78, 5) is 31.1. The van der Waals surface area contributed by atoms with Crippen molar-refractivity contribution in [3.05, 3.63) is 89.2 Å². The molecule has 1 unspecified atom stereocenters. The molecule has 41 heavy (non-hydrogen) atoms. The summed E-state index contributed by atoms with van der Waals surface area (Å²) in [7, 11) is -4.08. The zero-order valence-corrected chi connectivity index (χ0v) is 23.3. The molecular formula is C30H30F2N4O4S. The number of nitrogens with zero attached hydrogens (tertiary/aromatic N) is 3. The van der Waals surface area contributed by atoms with Crippen molar-refractivity contribution in [2.24, 2.45) is 5.92 Å². The molecule has 214 valence electrons. The highest BCUT2D eigenvalue weighted by Gasteiger charge is 2.60. The summed E-state index contributed by atoms with van der Waals surface area (Å²) in [6.07, 6.45) is 4.27. The predicted octanol–water partition coefficient (Wildman–Crippen LogP) is 4.16. The fraction of sp³-hybridized carbons (Fsp3) is 0.367. The van der Waals surface area contributed by atoms with Crippen LogP contribution in [0.5, 0.6) is 0 Å². The molecule has 3 heterocycles. The maximum atomic E-state index is 14.2. The minimum absolute atomic E-state index is 0.00655. The van der Waals surface area contributed by atoms with Gasteiger partial charge in [0.15, 0.2) is 0 Å².